The fraction of sp³-hybridized carbons (Fsp3) is 0.214. The summed E-state index contributed by atoms with van der Waals surface area (Å²) in [7, 11) is 1.63. The van der Waals surface area contributed by atoms with Crippen LogP contribution in [-0.2, 0) is 6.54 Å². The Bertz CT molecular complexity index is 1360. The minimum atomic E-state index is -0.162. The third kappa shape index (κ3) is 4.03. The topological polar surface area (TPSA) is 74.4 Å². The summed E-state index contributed by atoms with van der Waals surface area (Å²) in [5.74, 6) is 0.600. The first kappa shape index (κ1) is 21.8. The predicted octanol–water partition coefficient (Wildman–Crippen LogP) is 4.65. The van der Waals surface area contributed by atoms with E-state index >= 15 is 0 Å². The number of nitrogens with zero attached hydrogens (tertiary/aromatic N) is 1. The van der Waals surface area contributed by atoms with Crippen molar-refractivity contribution in [3.63, 3.8) is 0 Å². The largest absolute Gasteiger partial charge is 0.497 e. The molecule has 2 heterocycles. The smallest absolute Gasteiger partial charge is 0.268 e. The fourth-order valence-electron chi connectivity index (χ4n) is 4.71. The molecule has 0 radical (unpaired) electrons. The van der Waals surface area contributed by atoms with Gasteiger partial charge in [-0.1, -0.05) is 48.5 Å². The molecule has 0 bridgehead atoms. The SMILES string of the molecule is COc1ccc2[nH]c(C(=O)NCC(CN3Cc4ccccc4C3=O)c3ccccc3)c(C)c2c1. The van der Waals surface area contributed by atoms with E-state index in [2.05, 4.69) is 10.3 Å². The van der Waals surface area contributed by atoms with Crippen LogP contribution >= 0.6 is 0 Å². The van der Waals surface area contributed by atoms with Gasteiger partial charge in [0.25, 0.3) is 11.8 Å². The Morgan fingerprint density at radius 2 is 1.85 bits per heavy atom. The molecule has 1 atom stereocenters. The number of amides is 2. The van der Waals surface area contributed by atoms with Crippen LogP contribution in [0.5, 0.6) is 5.75 Å². The lowest BCUT2D eigenvalue weighted by atomic mass is 9.98. The van der Waals surface area contributed by atoms with Crippen LogP contribution in [0, 0.1) is 6.92 Å². The molecule has 0 fully saturated rings. The molecule has 1 aliphatic heterocycles. The van der Waals surface area contributed by atoms with E-state index in [1.807, 2.05) is 84.6 Å². The first-order valence-electron chi connectivity index (χ1n) is 11.4. The van der Waals surface area contributed by atoms with Gasteiger partial charge in [0, 0.05) is 42.0 Å². The summed E-state index contributed by atoms with van der Waals surface area (Å²) in [6.45, 7) is 3.47. The Labute approximate surface area is 198 Å². The van der Waals surface area contributed by atoms with Crippen molar-refractivity contribution in [3.8, 4) is 5.75 Å². The number of aromatic nitrogens is 1. The van der Waals surface area contributed by atoms with Gasteiger partial charge < -0.3 is 19.9 Å². The van der Waals surface area contributed by atoms with Crippen LogP contribution in [0.25, 0.3) is 10.9 Å². The van der Waals surface area contributed by atoms with Gasteiger partial charge in [0.1, 0.15) is 11.4 Å². The van der Waals surface area contributed by atoms with Gasteiger partial charge in [-0.15, -0.1) is 0 Å². The van der Waals surface area contributed by atoms with E-state index in [9.17, 15) is 9.59 Å². The third-order valence-corrected chi connectivity index (χ3v) is 6.61. The third-order valence-electron chi connectivity index (χ3n) is 6.61. The number of rotatable bonds is 7. The minimum Gasteiger partial charge on any atom is -0.497 e. The second kappa shape index (κ2) is 9.06. The molecule has 0 aliphatic carbocycles. The van der Waals surface area contributed by atoms with E-state index < -0.39 is 0 Å². The maximum Gasteiger partial charge on any atom is 0.268 e. The number of nitrogens with one attached hydrogen (secondary N) is 2. The maximum atomic E-state index is 13.2. The number of hydrogen-bond donors (Lipinski definition) is 2. The van der Waals surface area contributed by atoms with Gasteiger partial charge in [0.15, 0.2) is 0 Å². The number of carbonyl (C=O) groups excluding carboxylic acids is 2. The zero-order chi connectivity index (χ0) is 23.7. The number of ether oxygens (including phenoxy) is 1. The molecule has 1 aromatic heterocycles. The maximum absolute atomic E-state index is 13.2. The zero-order valence-corrected chi connectivity index (χ0v) is 19.3. The van der Waals surface area contributed by atoms with Crippen LogP contribution in [0.1, 0.15) is 43.5 Å². The van der Waals surface area contributed by atoms with E-state index in [4.69, 9.17) is 4.74 Å². The van der Waals surface area contributed by atoms with E-state index in [0.29, 0.717) is 25.3 Å². The van der Waals surface area contributed by atoms with Gasteiger partial charge in [-0.25, -0.2) is 0 Å². The highest BCUT2D eigenvalue weighted by atomic mass is 16.5. The normalized spacial score (nSPS) is 13.7. The molecule has 6 heteroatoms. The number of H-pyrrole nitrogens is 1. The second-order valence-electron chi connectivity index (χ2n) is 8.70. The lowest BCUT2D eigenvalue weighted by Crippen LogP contribution is -2.36. The van der Waals surface area contributed by atoms with Gasteiger partial charge in [-0.2, -0.15) is 0 Å². The summed E-state index contributed by atoms with van der Waals surface area (Å²) in [4.78, 5) is 31.2. The Morgan fingerprint density at radius 3 is 2.62 bits per heavy atom. The molecule has 1 unspecified atom stereocenters. The number of hydrogen-bond acceptors (Lipinski definition) is 3. The van der Waals surface area contributed by atoms with E-state index in [1.165, 1.54) is 0 Å². The first-order chi connectivity index (χ1) is 16.5. The average molecular weight is 454 g/mol. The quantitative estimate of drug-likeness (QED) is 0.428. The molecule has 5 rings (SSSR count). The number of fused-ring (bicyclic) bond motifs is 2. The van der Waals surface area contributed by atoms with E-state index in [-0.39, 0.29) is 17.7 Å². The minimum absolute atomic E-state index is 0.0341. The number of aryl methyl sites for hydroxylation is 1. The zero-order valence-electron chi connectivity index (χ0n) is 19.3. The number of methoxy groups -OCH3 is 1. The van der Waals surface area contributed by atoms with Crippen LogP contribution in [0.15, 0.2) is 72.8 Å². The number of benzene rings is 3. The fourth-order valence-corrected chi connectivity index (χ4v) is 4.71. The molecule has 1 aliphatic rings. The van der Waals surface area contributed by atoms with E-state index in [1.54, 1.807) is 7.11 Å². The van der Waals surface area contributed by atoms with E-state index in [0.717, 1.165) is 38.9 Å². The molecule has 2 amide bonds. The summed E-state index contributed by atoms with van der Waals surface area (Å²) in [5.41, 5.74) is 5.22. The van der Waals surface area contributed by atoms with Crippen LogP contribution < -0.4 is 10.1 Å². The van der Waals surface area contributed by atoms with Crippen molar-refractivity contribution < 1.29 is 14.3 Å². The van der Waals surface area contributed by atoms with Crippen LogP contribution in [-0.4, -0.2) is 41.9 Å². The Balaban J connectivity index is 1.35. The Morgan fingerprint density at radius 1 is 1.09 bits per heavy atom. The van der Waals surface area contributed by atoms with Crippen molar-refractivity contribution >= 4 is 22.7 Å². The van der Waals surface area contributed by atoms with Crippen molar-refractivity contribution in [2.45, 2.75) is 19.4 Å². The molecule has 172 valence electrons. The average Bonchev–Trinajstić information content (AvgIpc) is 3.38. The summed E-state index contributed by atoms with van der Waals surface area (Å²) < 4.78 is 5.32. The molecular formula is C28H27N3O3. The van der Waals surface area contributed by atoms with Crippen molar-refractivity contribution in [1.82, 2.24) is 15.2 Å². The summed E-state index contributed by atoms with van der Waals surface area (Å²) >= 11 is 0. The summed E-state index contributed by atoms with van der Waals surface area (Å²) in [6, 6.07) is 23.5. The Kier molecular flexibility index (Phi) is 5.80. The van der Waals surface area contributed by atoms with Crippen LogP contribution in [0.3, 0.4) is 0 Å². The monoisotopic (exact) mass is 453 g/mol. The lowest BCUT2D eigenvalue weighted by Gasteiger charge is -2.24. The van der Waals surface area contributed by atoms with Gasteiger partial charge >= 0.3 is 0 Å². The summed E-state index contributed by atoms with van der Waals surface area (Å²) in [5, 5.41) is 4.06. The second-order valence-corrected chi connectivity index (χ2v) is 8.70. The standard InChI is InChI=1S/C28H27N3O3/c1-18-24-14-22(34-2)12-13-25(24)30-26(18)27(32)29-15-21(19-8-4-3-5-9-19)17-31-16-20-10-6-7-11-23(20)28(31)33/h3-14,21,30H,15-17H2,1-2H3,(H,29,32). The van der Waals surface area contributed by atoms with Gasteiger partial charge in [-0.05, 0) is 47.9 Å². The van der Waals surface area contributed by atoms with Gasteiger partial charge in [0.05, 0.1) is 7.11 Å². The highest BCUT2D eigenvalue weighted by molar-refractivity contribution is 6.01. The van der Waals surface area contributed by atoms with Crippen LogP contribution in [0.2, 0.25) is 0 Å². The van der Waals surface area contributed by atoms with Crippen molar-refractivity contribution in [3.05, 3.63) is 101 Å². The Hall–Kier alpha value is -4.06. The number of aromatic amines is 1. The molecule has 3 aromatic carbocycles. The van der Waals surface area contributed by atoms with Gasteiger partial charge in [-0.3, -0.25) is 9.59 Å². The molecule has 4 aromatic rings. The molecular weight excluding hydrogens is 426 g/mol. The van der Waals surface area contributed by atoms with Crippen molar-refractivity contribution in [2.75, 3.05) is 20.2 Å². The molecule has 0 saturated heterocycles. The van der Waals surface area contributed by atoms with Crippen molar-refractivity contribution in [2.24, 2.45) is 0 Å². The molecule has 0 spiro atoms. The van der Waals surface area contributed by atoms with Crippen molar-refractivity contribution in [1.29, 1.82) is 0 Å². The van der Waals surface area contributed by atoms with Gasteiger partial charge in [0.2, 0.25) is 0 Å². The van der Waals surface area contributed by atoms with Crippen LogP contribution in [0.4, 0.5) is 0 Å². The first-order valence-corrected chi connectivity index (χ1v) is 11.4. The highest BCUT2D eigenvalue weighted by Gasteiger charge is 2.29. The summed E-state index contributed by atoms with van der Waals surface area (Å²) in [6.07, 6.45) is 0. The highest BCUT2D eigenvalue weighted by Crippen LogP contribution is 2.28. The predicted molar refractivity (Wildman–Crippen MR) is 132 cm³/mol. The molecule has 0 saturated carbocycles. The molecule has 6 nitrogen and oxygen atoms in total. The lowest BCUT2D eigenvalue weighted by molar-refractivity contribution is 0.0767. The molecule has 34 heavy (non-hydrogen) atoms. The molecule has 2 N–H and O–H groups in total. The number of carbonyl (C=O) groups is 2.